The number of aromatic nitrogens is 2. The molecule has 15 N–H and O–H groups in total. The Kier molecular flexibility index (Phi) is 38.3. The Labute approximate surface area is 768 Å². The minimum atomic E-state index is -1.72. The Morgan fingerprint density at radius 3 is 1.72 bits per heavy atom. The molecule has 9 rings (SSSR count). The number of phenolic OH excluding ortho intramolecular Hbond substituents is 1. The minimum absolute atomic E-state index is 0.00356. The summed E-state index contributed by atoms with van der Waals surface area (Å²) in [6.07, 6.45) is 3.96. The molecule has 4 aliphatic rings. The highest BCUT2D eigenvalue weighted by atomic mass is 32.2. The van der Waals surface area contributed by atoms with Gasteiger partial charge < -0.3 is 103 Å². The van der Waals surface area contributed by atoms with Gasteiger partial charge >= 0.3 is 0 Å². The van der Waals surface area contributed by atoms with Gasteiger partial charge in [-0.05, 0) is 124 Å². The maximum Gasteiger partial charge on any atom is 0.246 e. The monoisotopic (exact) mass is 1840 g/mol. The van der Waals surface area contributed by atoms with Crippen LogP contribution >= 0.6 is 11.8 Å². The maximum absolute atomic E-state index is 15.6. The smallest absolute Gasteiger partial charge is 0.246 e. The lowest BCUT2D eigenvalue weighted by atomic mass is 9.90. The quantitative estimate of drug-likeness (QED) is 0.0472. The molecule has 4 aliphatic heterocycles. The third-order valence-corrected chi connectivity index (χ3v) is 25.9. The zero-order chi connectivity index (χ0) is 95.6. The molecule has 4 saturated heterocycles. The van der Waals surface area contributed by atoms with Crippen LogP contribution in [0.5, 0.6) is 5.75 Å². The molecule has 2 aromatic heterocycles. The number of benzene rings is 3. The highest BCUT2D eigenvalue weighted by molar-refractivity contribution is 8.00. The molecule has 0 aliphatic carbocycles. The predicted molar refractivity (Wildman–Crippen MR) is 490 cm³/mol. The number of Topliss-reactive ketones (excluding diaryl/α,β-unsaturated/α-hetero) is 1. The zero-order valence-corrected chi connectivity index (χ0v) is 77.7. The van der Waals surface area contributed by atoms with Crippen LogP contribution in [-0.4, -0.2) is 300 Å². The second-order valence-electron chi connectivity index (χ2n) is 35.7. The maximum atomic E-state index is 15.6. The molecular weight excluding hydrogens is 1710 g/mol. The second-order valence-corrected chi connectivity index (χ2v) is 36.7. The van der Waals surface area contributed by atoms with E-state index in [4.69, 9.17) is 5.73 Å². The summed E-state index contributed by atoms with van der Waals surface area (Å²) in [5, 5.41) is 47.7. The number of phenols is 1. The van der Waals surface area contributed by atoms with Crippen molar-refractivity contribution in [3.63, 3.8) is 0 Å². The van der Waals surface area contributed by atoms with Crippen molar-refractivity contribution < 1.29 is 91.7 Å². The number of aromatic amines is 2. The van der Waals surface area contributed by atoms with E-state index < -0.39 is 211 Å². The van der Waals surface area contributed by atoms with Gasteiger partial charge in [-0.2, -0.15) is 0 Å². The number of carbonyl (C=O) groups excluding carboxylic acids is 17. The zero-order valence-electron chi connectivity index (χ0n) is 76.9. The first-order chi connectivity index (χ1) is 62.4. The Bertz CT molecular complexity index is 4900. The number of amides is 16. The van der Waals surface area contributed by atoms with Crippen LogP contribution in [0.3, 0.4) is 0 Å². The first-order valence-electron chi connectivity index (χ1n) is 45.7. The number of primary amides is 1. The highest BCUT2D eigenvalue weighted by Gasteiger charge is 2.46. The van der Waals surface area contributed by atoms with Crippen molar-refractivity contribution >= 4 is 134 Å². The first kappa shape index (κ1) is 103. The van der Waals surface area contributed by atoms with Crippen LogP contribution in [0.1, 0.15) is 175 Å². The fraction of sp³-hybridized carbons (Fsp3) is 0.581. The summed E-state index contributed by atoms with van der Waals surface area (Å²) in [5.41, 5.74) is 8.81. The normalized spacial score (nSPS) is 25.4. The third kappa shape index (κ3) is 28.3. The van der Waals surface area contributed by atoms with Gasteiger partial charge in [0.25, 0.3) is 0 Å². The van der Waals surface area contributed by atoms with Gasteiger partial charge in [0.05, 0.1) is 37.4 Å². The topological polar surface area (TPSA) is 516 Å². The number of nitrogens with two attached hydrogens (primary N) is 1. The van der Waals surface area contributed by atoms with Gasteiger partial charge in [0.1, 0.15) is 72.2 Å². The summed E-state index contributed by atoms with van der Waals surface area (Å²) in [4.78, 5) is 264. The molecule has 38 heteroatoms. The number of hydrogen-bond donors (Lipinski definition) is 14. The van der Waals surface area contributed by atoms with E-state index in [0.717, 1.165) is 45.2 Å². The summed E-state index contributed by atoms with van der Waals surface area (Å²) in [6, 6.07) is 3.45. The molecule has 1 unspecified atom stereocenters. The number of unbranched alkanes of at least 4 members (excludes halogenated alkanes) is 2. The lowest BCUT2D eigenvalue weighted by Gasteiger charge is -2.36. The van der Waals surface area contributed by atoms with E-state index >= 15 is 33.6 Å². The van der Waals surface area contributed by atoms with E-state index in [1.165, 1.54) is 67.0 Å². The SMILES string of the molecule is CCCC[C@H]1C(=O)N(C)[C@@H](CCCC)C(=O)N[C@@H](CC(C)C)C(=O)N[C@H](C(=O)NCC(=O)N2CCCC2)CSCC(=O)N[C@@H](Cc2ccc(O)cc2)C(=O)N(C)[C@@H](C)C(=O)N[C@@H](CC(N)=O)C(=O)N2CCC[C@H]2C(=O)N[C@@H](CC)C(=O)N[C@@H](CC(C)C)C(=O)N2C[C@H](O)C[C@H]2C(=O)C[C@@H](Cc2c[nH]c3ccccc23)C(=O)NCC(=O)NC(Cc2c[nH]c3ccccc23)C(=O)N1C. The van der Waals surface area contributed by atoms with Crippen LogP contribution in [-0.2, 0) is 101 Å². The van der Waals surface area contributed by atoms with E-state index in [1.54, 1.807) is 64.0 Å². The average molecular weight is 1840 g/mol. The molecule has 0 saturated carbocycles. The summed E-state index contributed by atoms with van der Waals surface area (Å²) in [7, 11) is 4.10. The van der Waals surface area contributed by atoms with Crippen molar-refractivity contribution in [3.05, 3.63) is 102 Å². The van der Waals surface area contributed by atoms with Crippen molar-refractivity contribution in [1.29, 1.82) is 0 Å². The first-order valence-corrected chi connectivity index (χ1v) is 46.8. The number of aliphatic hydroxyl groups is 1. The number of ketones is 1. The number of nitrogens with zero attached hydrogens (tertiary/aromatic N) is 6. The number of likely N-dealkylation sites (N-methyl/N-ethyl adjacent to an activating group) is 3. The van der Waals surface area contributed by atoms with Crippen molar-refractivity contribution in [2.45, 2.75) is 256 Å². The van der Waals surface area contributed by atoms with Gasteiger partial charge in [-0.1, -0.05) is 123 Å². The number of H-pyrrole nitrogens is 2. The van der Waals surface area contributed by atoms with Gasteiger partial charge in [-0.25, -0.2) is 0 Å². The van der Waals surface area contributed by atoms with E-state index in [9.17, 15) is 58.2 Å². The third-order valence-electron chi connectivity index (χ3n) is 24.8. The summed E-state index contributed by atoms with van der Waals surface area (Å²) in [6.45, 7) is 13.2. The number of carbonyl (C=O) groups is 17. The molecule has 37 nitrogen and oxygen atoms in total. The molecule has 714 valence electrons. The Morgan fingerprint density at radius 2 is 1.10 bits per heavy atom. The van der Waals surface area contributed by atoms with Crippen LogP contribution in [0, 0.1) is 17.8 Å². The molecule has 4 fully saturated rings. The number of aliphatic hydroxyl groups excluding tert-OH is 1. The number of nitrogens with one attached hydrogen (secondary N) is 11. The summed E-state index contributed by atoms with van der Waals surface area (Å²) in [5.74, 6) is -16.1. The molecule has 16 amide bonds. The van der Waals surface area contributed by atoms with Crippen molar-refractivity contribution in [2.24, 2.45) is 23.5 Å². The molecule has 6 heterocycles. The molecule has 5 aromatic rings. The van der Waals surface area contributed by atoms with Crippen molar-refractivity contribution in [1.82, 2.24) is 87.2 Å². The average Bonchev–Trinajstić information content (AvgIpc) is 1.64. The number of rotatable bonds is 22. The Morgan fingerprint density at radius 1 is 0.550 bits per heavy atom. The van der Waals surface area contributed by atoms with Gasteiger partial charge in [0.2, 0.25) is 94.5 Å². The van der Waals surface area contributed by atoms with Crippen LogP contribution in [0.2, 0.25) is 0 Å². The molecule has 0 bridgehead atoms. The fourth-order valence-corrected chi connectivity index (χ4v) is 18.2. The Balaban J connectivity index is 1.07. The van der Waals surface area contributed by atoms with E-state index in [2.05, 4.69) is 57.8 Å². The standard InChI is InChI=1S/C93H132N18O19S/c1-12-15-28-73-87(124)102-67(38-53(4)5)86(123)105-72(84(121)98-49-81(118)109-35-21-22-36-109)51-131-52-80(117)100-69(40-56-31-33-60(112)34-32-56)89(126)106(9)55(8)82(119)103-71(45-78(94)115)91(128)110-37-23-30-74(110)88(125)101-64(14-3)85(122)104-68(39-54(6)7)92(129)111-50-61(113)44-76(111)77(114)43-57(41-58-46-95-65-26-19-17-24-62(58)65)83(120)97-48-79(116)99-70(42-59-47-96-66-27-20-18-25-63(59)66)90(127)108(11)75(29-16-13-2)93(130)107(73)10/h17-20,24-27,31-34,46-47,53-55,57,61,64,67-76,95-96,112-113H,12-16,21-23,28-30,35-45,48-52H2,1-11H3,(H2,94,115)(H,97,120)(H,98,121)(H,99,116)(H,100,117)(H,101,125)(H,102,124)(H,103,119)(H,104,122)(H,105,123)/t55-,57+,61+,64-,67-,68-,69-,70?,71-,72-,73-,74-,75-,76-/m0/s1. The lowest BCUT2D eigenvalue weighted by molar-refractivity contribution is -0.149. The number of hydrogen-bond acceptors (Lipinski definition) is 20. The van der Waals surface area contributed by atoms with Crippen molar-refractivity contribution in [3.8, 4) is 5.75 Å². The van der Waals surface area contributed by atoms with E-state index in [-0.39, 0.29) is 113 Å². The van der Waals surface area contributed by atoms with Crippen molar-refractivity contribution in [2.75, 3.05) is 71.9 Å². The minimum Gasteiger partial charge on any atom is -0.508 e. The largest absolute Gasteiger partial charge is 0.508 e. The molecule has 0 spiro atoms. The molecule has 131 heavy (non-hydrogen) atoms. The van der Waals surface area contributed by atoms with Crippen LogP contribution in [0.4, 0.5) is 0 Å². The highest BCUT2D eigenvalue weighted by Crippen LogP contribution is 2.30. The molecule has 3 aromatic carbocycles. The van der Waals surface area contributed by atoms with E-state index in [1.807, 2.05) is 50.2 Å². The lowest BCUT2D eigenvalue weighted by Crippen LogP contribution is -2.60. The van der Waals surface area contributed by atoms with Crippen LogP contribution in [0.25, 0.3) is 21.8 Å². The number of aromatic hydroxyl groups is 1. The predicted octanol–water partition coefficient (Wildman–Crippen LogP) is 2.16. The number of fused-ring (bicyclic) bond motifs is 4. The molecular formula is C93H132N18O19S. The van der Waals surface area contributed by atoms with E-state index in [0.29, 0.717) is 66.5 Å². The summed E-state index contributed by atoms with van der Waals surface area (Å²) < 4.78 is 0. The van der Waals surface area contributed by atoms with Crippen LogP contribution < -0.4 is 53.6 Å². The summed E-state index contributed by atoms with van der Waals surface area (Å²) >= 11 is 0.858. The second kappa shape index (κ2) is 48.8. The molecule has 14 atom stereocenters. The fourth-order valence-electron chi connectivity index (χ4n) is 17.4. The van der Waals surface area contributed by atoms with Gasteiger partial charge in [-0.3, -0.25) is 81.5 Å². The number of thioether (sulfide) groups is 1. The van der Waals surface area contributed by atoms with Gasteiger partial charge in [0, 0.05) is 119 Å². The number of para-hydroxylation sites is 2. The van der Waals surface area contributed by atoms with Gasteiger partial charge in [0.15, 0.2) is 5.78 Å². The molecule has 0 radical (unpaired) electrons. The van der Waals surface area contributed by atoms with Gasteiger partial charge in [-0.15, -0.1) is 11.8 Å². The Hall–Kier alpha value is -12.0. The van der Waals surface area contributed by atoms with Crippen LogP contribution in [0.15, 0.2) is 85.2 Å². The number of likely N-dealkylation sites (tertiary alicyclic amines) is 1.